The van der Waals surface area contributed by atoms with Gasteiger partial charge in [0.05, 0.1) is 6.61 Å². The molecule has 2 aromatic rings. The lowest BCUT2D eigenvalue weighted by molar-refractivity contribution is 0.0695. The van der Waals surface area contributed by atoms with Gasteiger partial charge in [-0.1, -0.05) is 36.8 Å². The molecule has 1 aliphatic heterocycles. The summed E-state index contributed by atoms with van der Waals surface area (Å²) in [6.45, 7) is 7.91. The monoisotopic (exact) mass is 410 g/mol. The Morgan fingerprint density at radius 1 is 1.07 bits per heavy atom. The highest BCUT2D eigenvalue weighted by molar-refractivity contribution is 5.94. The molecule has 0 bridgehead atoms. The maximum atomic E-state index is 12.8. The molecule has 1 fully saturated rings. The molecule has 1 amide bonds. The van der Waals surface area contributed by atoms with Gasteiger partial charge in [-0.25, -0.2) is 0 Å². The Labute approximate surface area is 180 Å². The Bertz CT molecular complexity index is 784. The molecule has 0 unspecified atom stereocenters. The molecule has 1 heterocycles. The minimum absolute atomic E-state index is 0.00606. The standard InChI is InChI=1S/C24H34N4O2/c1-4-13-28(14-15-30-3)23(29)20-9-11-22(12-10-20)27-24-25-16-21(17-26-24)19-7-5-18(2)6-8-19/h5-12,21,24-27H,4,13-17H2,1-3H3. The number of rotatable bonds is 9. The molecular formula is C24H34N4O2. The quantitative estimate of drug-likeness (QED) is 0.593. The van der Waals surface area contributed by atoms with Gasteiger partial charge in [-0.15, -0.1) is 0 Å². The largest absolute Gasteiger partial charge is 0.383 e. The van der Waals surface area contributed by atoms with Crippen LogP contribution in [0, 0.1) is 6.92 Å². The van der Waals surface area contributed by atoms with Crippen LogP contribution < -0.4 is 16.0 Å². The van der Waals surface area contributed by atoms with Gasteiger partial charge in [0.15, 0.2) is 0 Å². The third kappa shape index (κ3) is 6.05. The molecule has 30 heavy (non-hydrogen) atoms. The fourth-order valence-corrected chi connectivity index (χ4v) is 3.69. The van der Waals surface area contributed by atoms with Crippen LogP contribution in [0.25, 0.3) is 0 Å². The van der Waals surface area contributed by atoms with E-state index in [1.165, 1.54) is 11.1 Å². The number of benzene rings is 2. The minimum atomic E-state index is 0.00606. The van der Waals surface area contributed by atoms with Crippen LogP contribution in [0.15, 0.2) is 48.5 Å². The van der Waals surface area contributed by atoms with Crippen molar-refractivity contribution in [2.45, 2.75) is 32.5 Å². The van der Waals surface area contributed by atoms with Gasteiger partial charge >= 0.3 is 0 Å². The van der Waals surface area contributed by atoms with Crippen molar-refractivity contribution in [3.63, 3.8) is 0 Å². The van der Waals surface area contributed by atoms with E-state index in [2.05, 4.69) is 54.1 Å². The van der Waals surface area contributed by atoms with Gasteiger partial charge in [0, 0.05) is 50.5 Å². The number of carbonyl (C=O) groups is 1. The van der Waals surface area contributed by atoms with Gasteiger partial charge < -0.3 is 15.0 Å². The second-order valence-corrected chi connectivity index (χ2v) is 7.86. The highest BCUT2D eigenvalue weighted by atomic mass is 16.5. The lowest BCUT2D eigenvalue weighted by Crippen LogP contribution is -2.55. The minimum Gasteiger partial charge on any atom is -0.383 e. The Balaban J connectivity index is 1.52. The third-order valence-corrected chi connectivity index (χ3v) is 5.47. The van der Waals surface area contributed by atoms with Crippen molar-refractivity contribution in [2.75, 3.05) is 45.2 Å². The molecule has 3 N–H and O–H groups in total. The number of ether oxygens (including phenoxy) is 1. The Kier molecular flexibility index (Phi) is 8.25. The van der Waals surface area contributed by atoms with Crippen molar-refractivity contribution in [2.24, 2.45) is 0 Å². The predicted octanol–water partition coefficient (Wildman–Crippen LogP) is 3.17. The highest BCUT2D eigenvalue weighted by Gasteiger charge is 2.21. The first-order valence-corrected chi connectivity index (χ1v) is 10.8. The van der Waals surface area contributed by atoms with Gasteiger partial charge in [0.2, 0.25) is 0 Å². The van der Waals surface area contributed by atoms with E-state index in [9.17, 15) is 4.79 Å². The number of carbonyl (C=O) groups excluding carboxylic acids is 1. The molecule has 3 rings (SSSR count). The van der Waals surface area contributed by atoms with Crippen LogP contribution in [0.1, 0.15) is 40.7 Å². The molecular weight excluding hydrogens is 376 g/mol. The summed E-state index contributed by atoms with van der Waals surface area (Å²) in [5, 5.41) is 10.5. The van der Waals surface area contributed by atoms with Crippen molar-refractivity contribution in [3.8, 4) is 0 Å². The van der Waals surface area contributed by atoms with Crippen molar-refractivity contribution in [1.82, 2.24) is 15.5 Å². The first-order chi connectivity index (χ1) is 14.6. The lowest BCUT2D eigenvalue weighted by atomic mass is 9.97. The van der Waals surface area contributed by atoms with Crippen LogP contribution >= 0.6 is 0 Å². The van der Waals surface area contributed by atoms with Crippen LogP contribution in [0.2, 0.25) is 0 Å². The van der Waals surface area contributed by atoms with Crippen LogP contribution in [0.4, 0.5) is 5.69 Å². The predicted molar refractivity (Wildman–Crippen MR) is 122 cm³/mol. The Morgan fingerprint density at radius 3 is 2.33 bits per heavy atom. The normalized spacial score (nSPS) is 18.8. The number of nitrogens with zero attached hydrogens (tertiary/aromatic N) is 1. The zero-order valence-corrected chi connectivity index (χ0v) is 18.3. The topological polar surface area (TPSA) is 65.6 Å². The van der Waals surface area contributed by atoms with Crippen LogP contribution in [0.5, 0.6) is 0 Å². The van der Waals surface area contributed by atoms with Gasteiger partial charge in [0.25, 0.3) is 5.91 Å². The van der Waals surface area contributed by atoms with E-state index in [4.69, 9.17) is 4.74 Å². The molecule has 6 heteroatoms. The lowest BCUT2D eigenvalue weighted by Gasteiger charge is -2.32. The molecule has 2 aromatic carbocycles. The smallest absolute Gasteiger partial charge is 0.253 e. The van der Waals surface area contributed by atoms with Crippen molar-refractivity contribution < 1.29 is 9.53 Å². The number of nitrogens with one attached hydrogen (secondary N) is 3. The molecule has 0 atom stereocenters. The van der Waals surface area contributed by atoms with Crippen LogP contribution in [-0.4, -0.2) is 57.0 Å². The zero-order valence-electron chi connectivity index (χ0n) is 18.3. The van der Waals surface area contributed by atoms with Crippen molar-refractivity contribution in [3.05, 3.63) is 65.2 Å². The number of aryl methyl sites for hydroxylation is 1. The highest BCUT2D eigenvalue weighted by Crippen LogP contribution is 2.18. The Hall–Kier alpha value is -2.41. The van der Waals surface area contributed by atoms with E-state index >= 15 is 0 Å². The van der Waals surface area contributed by atoms with Gasteiger partial charge in [-0.2, -0.15) is 0 Å². The summed E-state index contributed by atoms with van der Waals surface area (Å²) >= 11 is 0. The summed E-state index contributed by atoms with van der Waals surface area (Å²) in [6.07, 6.45) is 0.934. The molecule has 1 aliphatic rings. The number of methoxy groups -OCH3 is 1. The van der Waals surface area contributed by atoms with Crippen molar-refractivity contribution >= 4 is 11.6 Å². The number of hydrogen-bond acceptors (Lipinski definition) is 5. The molecule has 0 aliphatic carbocycles. The van der Waals surface area contributed by atoms with Crippen molar-refractivity contribution in [1.29, 1.82) is 0 Å². The fourth-order valence-electron chi connectivity index (χ4n) is 3.69. The molecule has 0 saturated carbocycles. The molecule has 0 spiro atoms. The average molecular weight is 411 g/mol. The number of hydrogen-bond donors (Lipinski definition) is 3. The summed E-state index contributed by atoms with van der Waals surface area (Å²) < 4.78 is 5.13. The average Bonchev–Trinajstić information content (AvgIpc) is 2.78. The third-order valence-electron chi connectivity index (χ3n) is 5.47. The van der Waals surface area contributed by atoms with Gasteiger partial charge in [-0.05, 0) is 43.2 Å². The number of anilines is 1. The maximum Gasteiger partial charge on any atom is 0.253 e. The van der Waals surface area contributed by atoms with E-state index in [0.717, 1.165) is 31.7 Å². The summed E-state index contributed by atoms with van der Waals surface area (Å²) in [5.41, 5.74) is 4.32. The first-order valence-electron chi connectivity index (χ1n) is 10.8. The summed E-state index contributed by atoms with van der Waals surface area (Å²) in [5.74, 6) is 0.510. The second kappa shape index (κ2) is 11.1. The molecule has 0 aromatic heterocycles. The summed E-state index contributed by atoms with van der Waals surface area (Å²) in [7, 11) is 1.66. The molecule has 1 saturated heterocycles. The van der Waals surface area contributed by atoms with Crippen LogP contribution in [-0.2, 0) is 4.74 Å². The zero-order chi connectivity index (χ0) is 21.3. The Morgan fingerprint density at radius 2 is 1.73 bits per heavy atom. The number of amides is 1. The van der Waals surface area contributed by atoms with Gasteiger partial charge in [-0.3, -0.25) is 15.4 Å². The van der Waals surface area contributed by atoms with E-state index in [1.54, 1.807) is 7.11 Å². The van der Waals surface area contributed by atoms with Gasteiger partial charge in [0.1, 0.15) is 6.29 Å². The molecule has 6 nitrogen and oxygen atoms in total. The maximum absolute atomic E-state index is 12.8. The van der Waals surface area contributed by atoms with E-state index in [1.807, 2.05) is 29.2 Å². The van der Waals surface area contributed by atoms with Crippen LogP contribution in [0.3, 0.4) is 0 Å². The summed E-state index contributed by atoms with van der Waals surface area (Å²) in [6, 6.07) is 16.4. The SMILES string of the molecule is CCCN(CCOC)C(=O)c1ccc(NC2NCC(c3ccc(C)cc3)CN2)cc1. The fraction of sp³-hybridized carbons (Fsp3) is 0.458. The van der Waals surface area contributed by atoms with E-state index < -0.39 is 0 Å². The second-order valence-electron chi connectivity index (χ2n) is 7.86. The summed E-state index contributed by atoms with van der Waals surface area (Å²) in [4.78, 5) is 14.6. The molecule has 0 radical (unpaired) electrons. The van der Waals surface area contributed by atoms with E-state index in [0.29, 0.717) is 24.6 Å². The first kappa shape index (κ1) is 22.3. The van der Waals surface area contributed by atoms with E-state index in [-0.39, 0.29) is 12.2 Å². The molecule has 162 valence electrons.